The average molecular weight is 317 g/mol. The molecule has 2 unspecified atom stereocenters. The summed E-state index contributed by atoms with van der Waals surface area (Å²) in [7, 11) is 0. The zero-order valence-electron chi connectivity index (χ0n) is 11.1. The normalized spacial score (nSPS) is 13.3. The molecule has 0 N–H and O–H groups in total. The second kappa shape index (κ2) is 8.08. The molecule has 1 rings (SSSR count). The van der Waals surface area contributed by atoms with Gasteiger partial charge in [-0.15, -0.1) is 17.0 Å². The first-order valence-electron chi connectivity index (χ1n) is 5.90. The molecule has 0 bridgehead atoms. The molecule has 0 saturated carbocycles. The van der Waals surface area contributed by atoms with E-state index in [1.807, 2.05) is 17.7 Å². The van der Waals surface area contributed by atoms with E-state index >= 15 is 0 Å². The van der Waals surface area contributed by atoms with E-state index in [-0.39, 0.29) is 35.1 Å². The van der Waals surface area contributed by atoms with Gasteiger partial charge in [0.15, 0.2) is 0 Å². The maximum atomic E-state index is 11.5. The van der Waals surface area contributed by atoms with Gasteiger partial charge in [0.1, 0.15) is 6.10 Å². The van der Waals surface area contributed by atoms with Crippen molar-refractivity contribution in [1.82, 2.24) is 9.55 Å². The zero-order chi connectivity index (χ0) is 12.8. The molecule has 0 aliphatic heterocycles. The van der Waals surface area contributed by atoms with Crippen LogP contribution in [0.3, 0.4) is 0 Å². The number of imidazole rings is 1. The Kier molecular flexibility index (Phi) is 7.59. The quantitative estimate of drug-likeness (QED) is 0.597. The number of hydrogen-bond donors (Lipinski definition) is 0. The minimum absolute atomic E-state index is 0. The van der Waals surface area contributed by atoms with Crippen molar-refractivity contribution in [3.05, 3.63) is 30.9 Å². The van der Waals surface area contributed by atoms with Gasteiger partial charge in [-0.2, -0.15) is 0 Å². The molecule has 0 spiro atoms. The van der Waals surface area contributed by atoms with Crippen LogP contribution in [0, 0.1) is 0 Å². The highest BCUT2D eigenvalue weighted by atomic mass is 79.9. The number of ether oxygens (including phenoxy) is 1. The molecule has 0 radical (unpaired) electrons. The first kappa shape index (κ1) is 16.9. The molecule has 0 fully saturated rings. The monoisotopic (exact) mass is 316 g/mol. The minimum atomic E-state index is -0.335. The Labute approximate surface area is 119 Å². The highest BCUT2D eigenvalue weighted by Crippen LogP contribution is 2.21. The van der Waals surface area contributed by atoms with Crippen molar-refractivity contribution >= 4 is 23.0 Å². The van der Waals surface area contributed by atoms with Gasteiger partial charge in [-0.1, -0.05) is 19.9 Å². The summed E-state index contributed by atoms with van der Waals surface area (Å²) in [6.45, 7) is 9.25. The molecule has 0 saturated heterocycles. The SMILES string of the molecule is Br.C=C(C)C(=O)OC(C)C(CCC)n1ccnc1. The van der Waals surface area contributed by atoms with Gasteiger partial charge in [0.05, 0.1) is 12.4 Å². The van der Waals surface area contributed by atoms with Crippen molar-refractivity contribution in [3.8, 4) is 0 Å². The molecule has 0 aromatic carbocycles. The lowest BCUT2D eigenvalue weighted by molar-refractivity contribution is -0.145. The first-order valence-corrected chi connectivity index (χ1v) is 5.90. The number of halogens is 1. The van der Waals surface area contributed by atoms with Crippen LogP contribution in [0.4, 0.5) is 0 Å². The van der Waals surface area contributed by atoms with Crippen LogP contribution in [0.1, 0.15) is 39.7 Å². The van der Waals surface area contributed by atoms with Gasteiger partial charge >= 0.3 is 5.97 Å². The summed E-state index contributed by atoms with van der Waals surface area (Å²) in [4.78, 5) is 15.5. The van der Waals surface area contributed by atoms with Crippen LogP contribution in [0.25, 0.3) is 0 Å². The second-order valence-corrected chi connectivity index (χ2v) is 4.26. The van der Waals surface area contributed by atoms with Gasteiger partial charge in [-0.05, 0) is 20.3 Å². The van der Waals surface area contributed by atoms with E-state index in [0.29, 0.717) is 5.57 Å². The van der Waals surface area contributed by atoms with E-state index in [2.05, 4.69) is 18.5 Å². The summed E-state index contributed by atoms with van der Waals surface area (Å²) in [6, 6.07) is 0.130. The van der Waals surface area contributed by atoms with Crippen LogP contribution in [-0.4, -0.2) is 21.6 Å². The summed E-state index contributed by atoms with van der Waals surface area (Å²) in [5.41, 5.74) is 0.428. The largest absolute Gasteiger partial charge is 0.457 e. The molecule has 0 aliphatic rings. The number of aromatic nitrogens is 2. The van der Waals surface area contributed by atoms with E-state index in [0.717, 1.165) is 12.8 Å². The molecule has 5 heteroatoms. The lowest BCUT2D eigenvalue weighted by Crippen LogP contribution is -2.26. The van der Waals surface area contributed by atoms with E-state index in [9.17, 15) is 4.79 Å². The van der Waals surface area contributed by atoms with Crippen molar-refractivity contribution < 1.29 is 9.53 Å². The standard InChI is InChI=1S/C13H20N2O2.BrH/c1-5-6-12(15-8-7-14-9-15)11(4)17-13(16)10(2)3;/h7-9,11-12H,2,5-6H2,1,3-4H3;1H. The molecule has 1 heterocycles. The Morgan fingerprint density at radius 2 is 2.22 bits per heavy atom. The van der Waals surface area contributed by atoms with Gasteiger partial charge in [-0.25, -0.2) is 9.78 Å². The fourth-order valence-electron chi connectivity index (χ4n) is 1.74. The molecule has 4 nitrogen and oxygen atoms in total. The van der Waals surface area contributed by atoms with Crippen LogP contribution in [0.2, 0.25) is 0 Å². The lowest BCUT2D eigenvalue weighted by atomic mass is 10.1. The molecule has 18 heavy (non-hydrogen) atoms. The van der Waals surface area contributed by atoms with Crippen molar-refractivity contribution in [1.29, 1.82) is 0 Å². The van der Waals surface area contributed by atoms with Gasteiger partial charge < -0.3 is 9.30 Å². The van der Waals surface area contributed by atoms with Crippen molar-refractivity contribution in [2.45, 2.75) is 45.8 Å². The Hall–Kier alpha value is -1.10. The molecule has 2 atom stereocenters. The number of carbonyl (C=O) groups excluding carboxylic acids is 1. The smallest absolute Gasteiger partial charge is 0.333 e. The Morgan fingerprint density at radius 3 is 2.67 bits per heavy atom. The van der Waals surface area contributed by atoms with E-state index in [1.165, 1.54) is 0 Å². The van der Waals surface area contributed by atoms with Crippen molar-refractivity contribution in [2.75, 3.05) is 0 Å². The lowest BCUT2D eigenvalue weighted by Gasteiger charge is -2.24. The first-order chi connectivity index (χ1) is 8.06. The van der Waals surface area contributed by atoms with Crippen molar-refractivity contribution in [3.63, 3.8) is 0 Å². The Balaban J connectivity index is 0.00000289. The van der Waals surface area contributed by atoms with Crippen LogP contribution in [0.5, 0.6) is 0 Å². The highest BCUT2D eigenvalue weighted by Gasteiger charge is 2.21. The number of esters is 1. The summed E-state index contributed by atoms with van der Waals surface area (Å²) in [6.07, 6.45) is 7.17. The highest BCUT2D eigenvalue weighted by molar-refractivity contribution is 8.93. The predicted octanol–water partition coefficient (Wildman–Crippen LogP) is 3.31. The number of hydrogen-bond acceptors (Lipinski definition) is 3. The third-order valence-corrected chi connectivity index (χ3v) is 2.68. The zero-order valence-corrected chi connectivity index (χ0v) is 12.8. The van der Waals surface area contributed by atoms with Gasteiger partial charge in [0.25, 0.3) is 0 Å². The van der Waals surface area contributed by atoms with Crippen molar-refractivity contribution in [2.24, 2.45) is 0 Å². The fourth-order valence-corrected chi connectivity index (χ4v) is 1.74. The average Bonchev–Trinajstić information content (AvgIpc) is 2.78. The van der Waals surface area contributed by atoms with E-state index in [4.69, 9.17) is 4.74 Å². The van der Waals surface area contributed by atoms with Crippen LogP contribution in [-0.2, 0) is 9.53 Å². The molecule has 1 aromatic rings. The minimum Gasteiger partial charge on any atom is -0.457 e. The molecular formula is C13H21BrN2O2. The van der Waals surface area contributed by atoms with E-state index < -0.39 is 0 Å². The van der Waals surface area contributed by atoms with Crippen LogP contribution >= 0.6 is 17.0 Å². The fraction of sp³-hybridized carbons (Fsp3) is 0.538. The summed E-state index contributed by atoms with van der Waals surface area (Å²) in [5.74, 6) is -0.335. The summed E-state index contributed by atoms with van der Waals surface area (Å²) in [5, 5.41) is 0. The topological polar surface area (TPSA) is 44.1 Å². The van der Waals surface area contributed by atoms with Crippen LogP contribution < -0.4 is 0 Å². The summed E-state index contributed by atoms with van der Waals surface area (Å²) < 4.78 is 7.35. The van der Waals surface area contributed by atoms with Crippen LogP contribution in [0.15, 0.2) is 30.9 Å². The third kappa shape index (κ3) is 4.64. The molecule has 102 valence electrons. The Bertz CT molecular complexity index is 376. The molecule has 0 aliphatic carbocycles. The van der Waals surface area contributed by atoms with Gasteiger partial charge in [-0.3, -0.25) is 0 Å². The second-order valence-electron chi connectivity index (χ2n) is 4.26. The molecule has 0 amide bonds. The van der Waals surface area contributed by atoms with Gasteiger partial charge in [0, 0.05) is 18.0 Å². The molecular weight excluding hydrogens is 296 g/mol. The summed E-state index contributed by atoms with van der Waals surface area (Å²) >= 11 is 0. The Morgan fingerprint density at radius 1 is 1.56 bits per heavy atom. The number of rotatable bonds is 6. The molecule has 1 aromatic heterocycles. The number of carbonyl (C=O) groups is 1. The van der Waals surface area contributed by atoms with E-state index in [1.54, 1.807) is 19.4 Å². The third-order valence-electron chi connectivity index (χ3n) is 2.68. The maximum absolute atomic E-state index is 11.5. The predicted molar refractivity (Wildman–Crippen MR) is 76.9 cm³/mol. The van der Waals surface area contributed by atoms with Gasteiger partial charge in [0.2, 0.25) is 0 Å². The number of nitrogens with zero attached hydrogens (tertiary/aromatic N) is 2. The maximum Gasteiger partial charge on any atom is 0.333 e.